The monoisotopic (exact) mass is 242 g/mol. The number of nitrogens with one attached hydrogen (secondary N) is 1. The van der Waals surface area contributed by atoms with Crippen molar-refractivity contribution < 1.29 is 9.90 Å². The van der Waals surface area contributed by atoms with E-state index in [9.17, 15) is 4.79 Å². The van der Waals surface area contributed by atoms with Crippen LogP contribution in [0.2, 0.25) is 5.02 Å². The zero-order chi connectivity index (χ0) is 12.1. The Balaban J connectivity index is 2.62. The van der Waals surface area contributed by atoms with Gasteiger partial charge in [-0.2, -0.15) is 0 Å². The van der Waals surface area contributed by atoms with E-state index in [0.717, 1.165) is 0 Å². The van der Waals surface area contributed by atoms with Crippen LogP contribution in [0.1, 0.15) is 23.7 Å². The van der Waals surface area contributed by atoms with Crippen LogP contribution < -0.4 is 11.1 Å². The van der Waals surface area contributed by atoms with Gasteiger partial charge in [0.2, 0.25) is 0 Å². The van der Waals surface area contributed by atoms with Crippen LogP contribution in [0.15, 0.2) is 18.2 Å². The molecule has 0 aliphatic heterocycles. The summed E-state index contributed by atoms with van der Waals surface area (Å²) in [4.78, 5) is 11.7. The first-order valence-corrected chi connectivity index (χ1v) is 5.40. The number of carbonyl (C=O) groups is 1. The molecule has 0 saturated carbocycles. The lowest BCUT2D eigenvalue weighted by Gasteiger charge is -2.08. The topological polar surface area (TPSA) is 75.3 Å². The van der Waals surface area contributed by atoms with Gasteiger partial charge in [0, 0.05) is 17.3 Å². The summed E-state index contributed by atoms with van der Waals surface area (Å²) in [6.45, 7) is 2.07. The lowest BCUT2D eigenvalue weighted by atomic mass is 10.1. The van der Waals surface area contributed by atoms with Crippen molar-refractivity contribution in [2.45, 2.75) is 19.4 Å². The average Bonchev–Trinajstić information content (AvgIpc) is 2.21. The predicted molar refractivity (Wildman–Crippen MR) is 64.5 cm³/mol. The highest BCUT2D eigenvalue weighted by atomic mass is 35.5. The van der Waals surface area contributed by atoms with Crippen LogP contribution in [0, 0.1) is 0 Å². The fraction of sp³-hybridized carbons (Fsp3) is 0.364. The highest BCUT2D eigenvalue weighted by Crippen LogP contribution is 2.17. The van der Waals surface area contributed by atoms with Crippen molar-refractivity contribution in [3.8, 4) is 0 Å². The van der Waals surface area contributed by atoms with Crippen LogP contribution >= 0.6 is 11.6 Å². The molecule has 1 aromatic rings. The molecule has 0 aromatic heterocycles. The van der Waals surface area contributed by atoms with Crippen molar-refractivity contribution in [2.24, 2.45) is 0 Å². The van der Waals surface area contributed by atoms with Gasteiger partial charge in [0.05, 0.1) is 11.7 Å². The number of anilines is 1. The summed E-state index contributed by atoms with van der Waals surface area (Å²) in [6.07, 6.45) is 0.0728. The number of amides is 1. The van der Waals surface area contributed by atoms with Crippen molar-refractivity contribution in [1.29, 1.82) is 0 Å². The standard InChI is InChI=1S/C11H15ClN2O2/c1-7(15)4-5-14-11(16)9-6-8(12)2-3-10(9)13/h2-3,6-7,15H,4-5,13H2,1H3,(H,14,16). The zero-order valence-corrected chi connectivity index (χ0v) is 9.79. The second-order valence-electron chi connectivity index (χ2n) is 3.63. The molecule has 88 valence electrons. The number of aliphatic hydroxyl groups excluding tert-OH is 1. The summed E-state index contributed by atoms with van der Waals surface area (Å²) < 4.78 is 0. The van der Waals surface area contributed by atoms with Crippen molar-refractivity contribution in [3.05, 3.63) is 28.8 Å². The van der Waals surface area contributed by atoms with Gasteiger partial charge in [-0.25, -0.2) is 0 Å². The summed E-state index contributed by atoms with van der Waals surface area (Å²) >= 11 is 5.77. The molecule has 0 saturated heterocycles. The first kappa shape index (κ1) is 12.8. The molecule has 0 heterocycles. The van der Waals surface area contributed by atoms with Crippen LogP contribution in [-0.4, -0.2) is 23.7 Å². The average molecular weight is 243 g/mol. The Kier molecular flexibility index (Phi) is 4.58. The molecule has 0 fully saturated rings. The Hall–Kier alpha value is -1.26. The minimum atomic E-state index is -0.433. The Labute approximate surface area is 99.4 Å². The Morgan fingerprint density at radius 1 is 1.62 bits per heavy atom. The van der Waals surface area contributed by atoms with E-state index in [0.29, 0.717) is 29.2 Å². The predicted octanol–water partition coefficient (Wildman–Crippen LogP) is 1.42. The molecule has 0 spiro atoms. The third-order valence-corrected chi connectivity index (χ3v) is 2.34. The van der Waals surface area contributed by atoms with Crippen molar-refractivity contribution >= 4 is 23.2 Å². The van der Waals surface area contributed by atoms with Crippen LogP contribution in [0.25, 0.3) is 0 Å². The molecule has 0 bridgehead atoms. The normalized spacial score (nSPS) is 12.2. The minimum Gasteiger partial charge on any atom is -0.398 e. The van der Waals surface area contributed by atoms with Crippen LogP contribution in [0.4, 0.5) is 5.69 Å². The molecule has 5 heteroatoms. The Bertz CT molecular complexity index is 380. The van der Waals surface area contributed by atoms with Crippen molar-refractivity contribution in [3.63, 3.8) is 0 Å². The lowest BCUT2D eigenvalue weighted by molar-refractivity contribution is 0.0946. The molecular formula is C11H15ClN2O2. The third-order valence-electron chi connectivity index (χ3n) is 2.11. The number of halogens is 1. The maximum atomic E-state index is 11.7. The summed E-state index contributed by atoms with van der Waals surface area (Å²) in [5.41, 5.74) is 6.40. The number of aliphatic hydroxyl groups is 1. The molecule has 0 aliphatic carbocycles. The minimum absolute atomic E-state index is 0.277. The molecule has 4 N–H and O–H groups in total. The van der Waals surface area contributed by atoms with E-state index in [4.69, 9.17) is 22.4 Å². The maximum absolute atomic E-state index is 11.7. The van der Waals surface area contributed by atoms with E-state index in [2.05, 4.69) is 5.32 Å². The van der Waals surface area contributed by atoms with Gasteiger partial charge in [0.15, 0.2) is 0 Å². The van der Waals surface area contributed by atoms with Gasteiger partial charge >= 0.3 is 0 Å². The molecule has 1 aromatic carbocycles. The number of nitrogens with two attached hydrogens (primary N) is 1. The van der Waals surface area contributed by atoms with Crippen molar-refractivity contribution in [1.82, 2.24) is 5.32 Å². The molecule has 1 amide bonds. The number of benzene rings is 1. The molecule has 16 heavy (non-hydrogen) atoms. The Morgan fingerprint density at radius 3 is 2.94 bits per heavy atom. The zero-order valence-electron chi connectivity index (χ0n) is 9.03. The fourth-order valence-electron chi connectivity index (χ4n) is 1.21. The third kappa shape index (κ3) is 3.72. The largest absolute Gasteiger partial charge is 0.398 e. The van der Waals surface area contributed by atoms with E-state index in [1.165, 1.54) is 6.07 Å². The van der Waals surface area contributed by atoms with Crippen LogP contribution in [0.3, 0.4) is 0 Å². The first-order valence-electron chi connectivity index (χ1n) is 5.02. The number of hydrogen-bond acceptors (Lipinski definition) is 3. The highest BCUT2D eigenvalue weighted by Gasteiger charge is 2.09. The quantitative estimate of drug-likeness (QED) is 0.699. The van der Waals surface area contributed by atoms with Gasteiger partial charge in [0.25, 0.3) is 5.91 Å². The number of hydrogen-bond donors (Lipinski definition) is 3. The fourth-order valence-corrected chi connectivity index (χ4v) is 1.39. The molecular weight excluding hydrogens is 228 g/mol. The van der Waals surface area contributed by atoms with Crippen molar-refractivity contribution in [2.75, 3.05) is 12.3 Å². The van der Waals surface area contributed by atoms with Gasteiger partial charge in [0.1, 0.15) is 0 Å². The number of carbonyl (C=O) groups excluding carboxylic acids is 1. The molecule has 4 nitrogen and oxygen atoms in total. The molecule has 1 atom stereocenters. The van der Waals surface area contributed by atoms with E-state index >= 15 is 0 Å². The molecule has 1 rings (SSSR count). The Morgan fingerprint density at radius 2 is 2.31 bits per heavy atom. The number of nitrogen functional groups attached to an aromatic ring is 1. The first-order chi connectivity index (χ1) is 7.50. The van der Waals surface area contributed by atoms with Gasteiger partial charge < -0.3 is 16.2 Å². The highest BCUT2D eigenvalue weighted by molar-refractivity contribution is 6.31. The summed E-state index contributed by atoms with van der Waals surface area (Å²) in [7, 11) is 0. The van der Waals surface area contributed by atoms with Gasteiger partial charge in [-0.3, -0.25) is 4.79 Å². The van der Waals surface area contributed by atoms with Gasteiger partial charge in [-0.15, -0.1) is 0 Å². The molecule has 0 aliphatic rings. The lowest BCUT2D eigenvalue weighted by Crippen LogP contribution is -2.27. The van der Waals surface area contributed by atoms with Gasteiger partial charge in [-0.05, 0) is 31.5 Å². The van der Waals surface area contributed by atoms with Gasteiger partial charge in [-0.1, -0.05) is 11.6 Å². The second-order valence-corrected chi connectivity index (χ2v) is 4.06. The summed E-state index contributed by atoms with van der Waals surface area (Å²) in [6, 6.07) is 4.74. The second kappa shape index (κ2) is 5.72. The van der Waals surface area contributed by atoms with Crippen LogP contribution in [0.5, 0.6) is 0 Å². The van der Waals surface area contributed by atoms with Crippen LogP contribution in [-0.2, 0) is 0 Å². The summed E-state index contributed by atoms with van der Waals surface area (Å²) in [5.74, 6) is -0.277. The smallest absolute Gasteiger partial charge is 0.253 e. The molecule has 0 radical (unpaired) electrons. The van der Waals surface area contributed by atoms with E-state index in [1.807, 2.05) is 0 Å². The SMILES string of the molecule is CC(O)CCNC(=O)c1cc(Cl)ccc1N. The van der Waals surface area contributed by atoms with E-state index < -0.39 is 6.10 Å². The maximum Gasteiger partial charge on any atom is 0.253 e. The molecule has 1 unspecified atom stereocenters. The number of rotatable bonds is 4. The van der Waals surface area contributed by atoms with E-state index in [1.54, 1.807) is 19.1 Å². The van der Waals surface area contributed by atoms with E-state index in [-0.39, 0.29) is 5.91 Å². The summed E-state index contributed by atoms with van der Waals surface area (Å²) in [5, 5.41) is 12.2.